The quantitative estimate of drug-likeness (QED) is 0.443. The molecule has 2 N–H and O–H groups in total. The van der Waals surface area contributed by atoms with Gasteiger partial charge in [-0.15, -0.1) is 10.2 Å². The van der Waals surface area contributed by atoms with E-state index in [9.17, 15) is 4.39 Å². The van der Waals surface area contributed by atoms with Gasteiger partial charge in [-0.2, -0.15) is 0 Å². The van der Waals surface area contributed by atoms with Crippen LogP contribution in [0.4, 0.5) is 4.39 Å². The zero-order valence-corrected chi connectivity index (χ0v) is 13.4. The fraction of sp³-hybridized carbons (Fsp3) is 0.438. The average Bonchev–Trinajstić information content (AvgIpc) is 3.05. The van der Waals surface area contributed by atoms with Gasteiger partial charge in [-0.3, -0.25) is 0 Å². The fourth-order valence-corrected chi connectivity index (χ4v) is 2.11. The zero-order valence-electron chi connectivity index (χ0n) is 13.4. The molecule has 0 saturated heterocycles. The predicted molar refractivity (Wildman–Crippen MR) is 88.5 cm³/mol. The van der Waals surface area contributed by atoms with E-state index in [-0.39, 0.29) is 5.82 Å². The van der Waals surface area contributed by atoms with Crippen LogP contribution >= 0.6 is 0 Å². The Morgan fingerprint density at radius 2 is 2.04 bits per heavy atom. The molecular weight excluding hydrogens is 295 g/mol. The van der Waals surface area contributed by atoms with Crippen LogP contribution in [0.25, 0.3) is 0 Å². The molecule has 0 saturated carbocycles. The zero-order chi connectivity index (χ0) is 16.3. The van der Waals surface area contributed by atoms with E-state index < -0.39 is 0 Å². The van der Waals surface area contributed by atoms with Crippen molar-refractivity contribution in [1.29, 1.82) is 0 Å². The Hall–Kier alpha value is -2.44. The summed E-state index contributed by atoms with van der Waals surface area (Å²) in [6.07, 6.45) is 5.49. The van der Waals surface area contributed by atoms with Gasteiger partial charge >= 0.3 is 0 Å². The van der Waals surface area contributed by atoms with E-state index in [1.165, 1.54) is 12.1 Å². The second kappa shape index (κ2) is 9.55. The molecule has 7 heteroatoms. The highest BCUT2D eigenvalue weighted by atomic mass is 19.1. The lowest BCUT2D eigenvalue weighted by Crippen LogP contribution is -2.37. The van der Waals surface area contributed by atoms with Gasteiger partial charge in [-0.25, -0.2) is 9.38 Å². The normalized spacial score (nSPS) is 11.5. The number of aliphatic imine (C=N–C) groups is 1. The third-order valence-corrected chi connectivity index (χ3v) is 3.26. The number of hydrogen-bond acceptors (Lipinski definition) is 3. The minimum Gasteiger partial charge on any atom is -0.357 e. The summed E-state index contributed by atoms with van der Waals surface area (Å²) in [4.78, 5) is 4.47. The van der Waals surface area contributed by atoms with Gasteiger partial charge in [0.25, 0.3) is 0 Å². The highest BCUT2D eigenvalue weighted by molar-refractivity contribution is 5.79. The molecular formula is C16H23FN6. The summed E-state index contributed by atoms with van der Waals surface area (Å²) < 4.78 is 15.1. The molecule has 0 atom stereocenters. The van der Waals surface area contributed by atoms with Gasteiger partial charge in [-0.05, 0) is 37.5 Å². The monoisotopic (exact) mass is 318 g/mol. The summed E-state index contributed by atoms with van der Waals surface area (Å²) in [5, 5.41) is 14.0. The number of nitrogens with zero attached hydrogens (tertiary/aromatic N) is 4. The standard InChI is InChI=1S/C16H23FN6/c1-2-18-16(20-11-14-6-5-7-15(17)10-14)19-8-3-4-9-23-12-21-22-13-23/h5-7,10,12-13H,2-4,8-9,11H2,1H3,(H2,18,19,20). The van der Waals surface area contributed by atoms with Crippen LogP contribution in [0.15, 0.2) is 41.9 Å². The Morgan fingerprint density at radius 3 is 2.78 bits per heavy atom. The van der Waals surface area contributed by atoms with Gasteiger partial charge in [0.05, 0.1) is 6.54 Å². The Balaban J connectivity index is 1.73. The summed E-state index contributed by atoms with van der Waals surface area (Å²) in [6, 6.07) is 6.51. The van der Waals surface area contributed by atoms with Crippen molar-refractivity contribution in [2.75, 3.05) is 13.1 Å². The van der Waals surface area contributed by atoms with Crippen molar-refractivity contribution in [3.05, 3.63) is 48.3 Å². The average molecular weight is 318 g/mol. The van der Waals surface area contributed by atoms with E-state index >= 15 is 0 Å². The lowest BCUT2D eigenvalue weighted by molar-refractivity contribution is 0.597. The Kier molecular flexibility index (Phi) is 7.03. The van der Waals surface area contributed by atoms with Crippen molar-refractivity contribution in [1.82, 2.24) is 25.4 Å². The molecule has 0 radical (unpaired) electrons. The van der Waals surface area contributed by atoms with Crippen LogP contribution in [0.3, 0.4) is 0 Å². The third kappa shape index (κ3) is 6.46. The van der Waals surface area contributed by atoms with Gasteiger partial charge in [0.1, 0.15) is 18.5 Å². The smallest absolute Gasteiger partial charge is 0.191 e. The second-order valence-electron chi connectivity index (χ2n) is 5.16. The number of hydrogen-bond donors (Lipinski definition) is 2. The minimum atomic E-state index is -0.232. The van der Waals surface area contributed by atoms with Crippen LogP contribution in [0, 0.1) is 5.82 Å². The molecule has 124 valence electrons. The van der Waals surface area contributed by atoms with Crippen LogP contribution < -0.4 is 10.6 Å². The highest BCUT2D eigenvalue weighted by Crippen LogP contribution is 2.04. The van der Waals surface area contributed by atoms with Gasteiger partial charge < -0.3 is 15.2 Å². The summed E-state index contributed by atoms with van der Waals surface area (Å²) in [5.41, 5.74) is 0.856. The largest absolute Gasteiger partial charge is 0.357 e. The van der Waals surface area contributed by atoms with E-state index in [4.69, 9.17) is 0 Å². The van der Waals surface area contributed by atoms with Crippen molar-refractivity contribution >= 4 is 5.96 Å². The van der Waals surface area contributed by atoms with Gasteiger partial charge in [0.2, 0.25) is 0 Å². The van der Waals surface area contributed by atoms with Crippen molar-refractivity contribution in [3.8, 4) is 0 Å². The fourth-order valence-electron chi connectivity index (χ4n) is 2.11. The molecule has 0 fully saturated rings. The molecule has 0 aliphatic rings. The Bertz CT molecular complexity index is 596. The lowest BCUT2D eigenvalue weighted by Gasteiger charge is -2.11. The van der Waals surface area contributed by atoms with E-state index in [1.807, 2.05) is 17.6 Å². The number of aryl methyl sites for hydroxylation is 1. The number of nitrogens with one attached hydrogen (secondary N) is 2. The van der Waals surface area contributed by atoms with E-state index in [0.29, 0.717) is 6.54 Å². The number of halogens is 1. The lowest BCUT2D eigenvalue weighted by atomic mass is 10.2. The van der Waals surface area contributed by atoms with Gasteiger partial charge in [-0.1, -0.05) is 12.1 Å². The minimum absolute atomic E-state index is 0.232. The van der Waals surface area contributed by atoms with Crippen molar-refractivity contribution in [2.45, 2.75) is 32.9 Å². The summed E-state index contributed by atoms with van der Waals surface area (Å²) >= 11 is 0. The highest BCUT2D eigenvalue weighted by Gasteiger charge is 1.99. The first-order valence-electron chi connectivity index (χ1n) is 7.87. The number of benzene rings is 1. The van der Waals surface area contributed by atoms with Crippen LogP contribution in [0.5, 0.6) is 0 Å². The number of guanidine groups is 1. The molecule has 1 aromatic heterocycles. The predicted octanol–water partition coefficient (Wildman–Crippen LogP) is 1.95. The van der Waals surface area contributed by atoms with Crippen LogP contribution in [-0.2, 0) is 13.1 Å². The molecule has 0 amide bonds. The number of rotatable bonds is 8. The Morgan fingerprint density at radius 1 is 1.22 bits per heavy atom. The topological polar surface area (TPSA) is 67.1 Å². The first-order chi connectivity index (χ1) is 11.3. The molecule has 2 aromatic rings. The summed E-state index contributed by atoms with van der Waals surface area (Å²) in [6.45, 7) is 5.00. The summed E-state index contributed by atoms with van der Waals surface area (Å²) in [7, 11) is 0. The van der Waals surface area contributed by atoms with Crippen molar-refractivity contribution in [3.63, 3.8) is 0 Å². The molecule has 6 nitrogen and oxygen atoms in total. The molecule has 2 rings (SSSR count). The first kappa shape index (κ1) is 16.9. The molecule has 0 unspecified atom stereocenters. The molecule has 23 heavy (non-hydrogen) atoms. The molecule has 1 aromatic carbocycles. The molecule has 1 heterocycles. The van der Waals surface area contributed by atoms with Crippen LogP contribution in [0.1, 0.15) is 25.3 Å². The van der Waals surface area contributed by atoms with E-state index in [1.54, 1.807) is 18.7 Å². The molecule has 0 aliphatic carbocycles. The number of aromatic nitrogens is 3. The maximum atomic E-state index is 13.2. The maximum Gasteiger partial charge on any atom is 0.191 e. The van der Waals surface area contributed by atoms with Gasteiger partial charge in [0.15, 0.2) is 5.96 Å². The Labute approximate surface area is 135 Å². The maximum absolute atomic E-state index is 13.2. The third-order valence-electron chi connectivity index (χ3n) is 3.26. The summed E-state index contributed by atoms with van der Waals surface area (Å²) in [5.74, 6) is 0.519. The molecule has 0 aliphatic heterocycles. The van der Waals surface area contributed by atoms with Crippen molar-refractivity contribution in [2.24, 2.45) is 4.99 Å². The van der Waals surface area contributed by atoms with Crippen LogP contribution in [-0.4, -0.2) is 33.8 Å². The van der Waals surface area contributed by atoms with E-state index in [0.717, 1.165) is 44.0 Å². The second-order valence-corrected chi connectivity index (χ2v) is 5.16. The van der Waals surface area contributed by atoms with Gasteiger partial charge in [0, 0.05) is 19.6 Å². The SMILES string of the molecule is CCNC(=NCc1cccc(F)c1)NCCCCn1cnnc1. The van der Waals surface area contributed by atoms with Crippen LogP contribution in [0.2, 0.25) is 0 Å². The molecule has 0 spiro atoms. The first-order valence-corrected chi connectivity index (χ1v) is 7.87. The van der Waals surface area contributed by atoms with Crippen molar-refractivity contribution < 1.29 is 4.39 Å². The molecule has 0 bridgehead atoms. The van der Waals surface area contributed by atoms with E-state index in [2.05, 4.69) is 25.8 Å². The number of unbranched alkanes of at least 4 members (excludes halogenated alkanes) is 1.